The molecule has 0 aromatic carbocycles. The number of rotatable bonds is 4. The molecule has 2 fully saturated rings. The summed E-state index contributed by atoms with van der Waals surface area (Å²) < 4.78 is 36.4. The van der Waals surface area contributed by atoms with Crippen LogP contribution in [0.3, 0.4) is 0 Å². The van der Waals surface area contributed by atoms with Gasteiger partial charge in [-0.25, -0.2) is 0 Å². The lowest BCUT2D eigenvalue weighted by molar-refractivity contribution is -0.173. The summed E-state index contributed by atoms with van der Waals surface area (Å²) in [5.74, 6) is -1.39. The number of halogens is 3. The van der Waals surface area contributed by atoms with Gasteiger partial charge < -0.3 is 10.2 Å². The molecule has 2 rings (SSSR count). The third-order valence-corrected chi connectivity index (χ3v) is 5.09. The number of allylic oxidation sites excluding steroid dienone is 1. The van der Waals surface area contributed by atoms with Crippen molar-refractivity contribution in [2.75, 3.05) is 19.6 Å². The third-order valence-electron chi connectivity index (χ3n) is 5.09. The van der Waals surface area contributed by atoms with Crippen LogP contribution in [0, 0.1) is 11.8 Å². The molecular weight excluding hydrogens is 321 g/mol. The number of likely N-dealkylation sites (tertiary alicyclic amines) is 1. The van der Waals surface area contributed by atoms with Crippen molar-refractivity contribution < 1.29 is 22.8 Å². The van der Waals surface area contributed by atoms with Crippen molar-refractivity contribution in [1.29, 1.82) is 0 Å². The highest BCUT2D eigenvalue weighted by Gasteiger charge is 2.38. The second-order valence-corrected chi connectivity index (χ2v) is 6.85. The van der Waals surface area contributed by atoms with Crippen LogP contribution >= 0.6 is 0 Å². The number of alkyl halides is 3. The fourth-order valence-corrected chi connectivity index (χ4v) is 3.48. The summed E-state index contributed by atoms with van der Waals surface area (Å²) in [6.07, 6.45) is 2.85. The number of carbonyl (C=O) groups is 2. The minimum Gasteiger partial charge on any atom is -0.348 e. The summed E-state index contributed by atoms with van der Waals surface area (Å²) in [6.45, 7) is 3.07. The van der Waals surface area contributed by atoms with Crippen molar-refractivity contribution >= 4 is 11.8 Å². The van der Waals surface area contributed by atoms with E-state index in [-0.39, 0.29) is 18.4 Å². The topological polar surface area (TPSA) is 49.4 Å². The third kappa shape index (κ3) is 5.24. The SMILES string of the molecule is C/C(=C\C(=O)N1CCC(CNC(=O)C(F)(F)F)CC1)C1CCCC1. The van der Waals surface area contributed by atoms with Gasteiger partial charge in [-0.2, -0.15) is 13.2 Å². The first kappa shape index (κ1) is 18.8. The van der Waals surface area contributed by atoms with Crippen molar-refractivity contribution in [3.05, 3.63) is 11.6 Å². The van der Waals surface area contributed by atoms with E-state index in [1.165, 1.54) is 12.8 Å². The average molecular weight is 346 g/mol. The first-order valence-electron chi connectivity index (χ1n) is 8.59. The highest BCUT2D eigenvalue weighted by molar-refractivity contribution is 5.88. The Kier molecular flexibility index (Phi) is 6.29. The molecule has 1 N–H and O–H groups in total. The van der Waals surface area contributed by atoms with E-state index in [0.29, 0.717) is 31.8 Å². The van der Waals surface area contributed by atoms with Gasteiger partial charge in [0.1, 0.15) is 0 Å². The Morgan fingerprint density at radius 2 is 1.71 bits per heavy atom. The Morgan fingerprint density at radius 3 is 2.25 bits per heavy atom. The van der Waals surface area contributed by atoms with Crippen LogP contribution in [0.15, 0.2) is 11.6 Å². The fourth-order valence-electron chi connectivity index (χ4n) is 3.48. The molecule has 0 atom stereocenters. The van der Waals surface area contributed by atoms with Gasteiger partial charge in [-0.3, -0.25) is 9.59 Å². The molecule has 136 valence electrons. The predicted molar refractivity (Wildman–Crippen MR) is 84.1 cm³/mol. The molecule has 4 nitrogen and oxygen atoms in total. The standard InChI is InChI=1S/C17H25F3N2O2/c1-12(14-4-2-3-5-14)10-15(23)22-8-6-13(7-9-22)11-21-16(24)17(18,19)20/h10,13-14H,2-9,11H2,1H3,(H,21,24)/b12-10+. The van der Waals surface area contributed by atoms with Crippen LogP contribution in [0.2, 0.25) is 0 Å². The van der Waals surface area contributed by atoms with Gasteiger partial charge in [-0.1, -0.05) is 18.4 Å². The molecule has 1 aliphatic heterocycles. The summed E-state index contributed by atoms with van der Waals surface area (Å²) in [6, 6.07) is 0. The van der Waals surface area contributed by atoms with Crippen molar-refractivity contribution in [1.82, 2.24) is 10.2 Å². The molecule has 1 heterocycles. The van der Waals surface area contributed by atoms with E-state index >= 15 is 0 Å². The van der Waals surface area contributed by atoms with Gasteiger partial charge in [-0.15, -0.1) is 0 Å². The van der Waals surface area contributed by atoms with Crippen LogP contribution < -0.4 is 5.32 Å². The molecule has 0 aromatic heterocycles. The minimum absolute atomic E-state index is 0.00261. The Hall–Kier alpha value is -1.53. The fraction of sp³-hybridized carbons (Fsp3) is 0.765. The largest absolute Gasteiger partial charge is 0.471 e. The number of nitrogens with one attached hydrogen (secondary N) is 1. The minimum atomic E-state index is -4.83. The zero-order valence-corrected chi connectivity index (χ0v) is 14.0. The number of hydrogen-bond acceptors (Lipinski definition) is 2. The Labute approximate surface area is 140 Å². The zero-order valence-electron chi connectivity index (χ0n) is 14.0. The highest BCUT2D eigenvalue weighted by Crippen LogP contribution is 2.30. The summed E-state index contributed by atoms with van der Waals surface area (Å²) in [5, 5.41) is 1.93. The van der Waals surface area contributed by atoms with Gasteiger partial charge >= 0.3 is 12.1 Å². The number of piperidine rings is 1. The van der Waals surface area contributed by atoms with Crippen LogP contribution in [0.4, 0.5) is 13.2 Å². The second kappa shape index (κ2) is 8.03. The molecule has 0 bridgehead atoms. The Bertz CT molecular complexity index is 489. The molecule has 2 amide bonds. The maximum atomic E-state index is 12.3. The molecule has 7 heteroatoms. The normalized spacial score (nSPS) is 21.2. The maximum Gasteiger partial charge on any atom is 0.471 e. The number of amides is 2. The molecule has 0 unspecified atom stereocenters. The highest BCUT2D eigenvalue weighted by atomic mass is 19.4. The van der Waals surface area contributed by atoms with Crippen LogP contribution in [0.1, 0.15) is 45.4 Å². The van der Waals surface area contributed by atoms with E-state index in [1.807, 2.05) is 12.2 Å². The monoisotopic (exact) mass is 346 g/mol. The summed E-state index contributed by atoms with van der Waals surface area (Å²) >= 11 is 0. The van der Waals surface area contributed by atoms with E-state index in [0.717, 1.165) is 18.4 Å². The van der Waals surface area contributed by atoms with Crippen LogP contribution in [0.25, 0.3) is 0 Å². The van der Waals surface area contributed by atoms with Crippen molar-refractivity contribution in [2.24, 2.45) is 11.8 Å². The molecule has 0 aromatic rings. The Morgan fingerprint density at radius 1 is 1.12 bits per heavy atom. The van der Waals surface area contributed by atoms with E-state index in [9.17, 15) is 22.8 Å². The van der Waals surface area contributed by atoms with E-state index in [4.69, 9.17) is 0 Å². The first-order valence-corrected chi connectivity index (χ1v) is 8.59. The lowest BCUT2D eigenvalue weighted by Gasteiger charge is -2.31. The summed E-state index contributed by atoms with van der Waals surface area (Å²) in [4.78, 5) is 24.9. The van der Waals surface area contributed by atoms with Gasteiger partial charge in [0, 0.05) is 25.7 Å². The van der Waals surface area contributed by atoms with Crippen molar-refractivity contribution in [3.8, 4) is 0 Å². The molecule has 1 saturated carbocycles. The molecule has 1 aliphatic carbocycles. The lowest BCUT2D eigenvalue weighted by Crippen LogP contribution is -2.43. The van der Waals surface area contributed by atoms with Gasteiger partial charge in [-0.05, 0) is 44.4 Å². The van der Waals surface area contributed by atoms with Crippen LogP contribution in [-0.4, -0.2) is 42.5 Å². The number of hydrogen-bond donors (Lipinski definition) is 1. The first-order chi connectivity index (χ1) is 11.3. The second-order valence-electron chi connectivity index (χ2n) is 6.85. The maximum absolute atomic E-state index is 12.3. The molecule has 0 spiro atoms. The van der Waals surface area contributed by atoms with Gasteiger partial charge in [0.2, 0.25) is 5.91 Å². The molecule has 0 radical (unpaired) electrons. The molecule has 2 aliphatic rings. The Balaban J connectivity index is 1.75. The van der Waals surface area contributed by atoms with Crippen molar-refractivity contribution in [3.63, 3.8) is 0 Å². The van der Waals surface area contributed by atoms with E-state index < -0.39 is 12.1 Å². The summed E-state index contributed by atoms with van der Waals surface area (Å²) in [5.41, 5.74) is 1.14. The van der Waals surface area contributed by atoms with E-state index in [2.05, 4.69) is 0 Å². The van der Waals surface area contributed by atoms with Crippen LogP contribution in [0.5, 0.6) is 0 Å². The number of carbonyl (C=O) groups excluding carboxylic acids is 2. The summed E-state index contributed by atoms with van der Waals surface area (Å²) in [7, 11) is 0. The van der Waals surface area contributed by atoms with Crippen LogP contribution in [-0.2, 0) is 9.59 Å². The lowest BCUT2D eigenvalue weighted by atomic mass is 9.95. The van der Waals surface area contributed by atoms with Gasteiger partial charge in [0.25, 0.3) is 0 Å². The predicted octanol–water partition coefficient (Wildman–Crippen LogP) is 3.04. The average Bonchev–Trinajstić information content (AvgIpc) is 3.06. The van der Waals surface area contributed by atoms with E-state index in [1.54, 1.807) is 11.0 Å². The number of nitrogens with zero attached hydrogens (tertiary/aromatic N) is 1. The zero-order chi connectivity index (χ0) is 17.7. The van der Waals surface area contributed by atoms with Crippen molar-refractivity contribution in [2.45, 2.75) is 51.6 Å². The quantitative estimate of drug-likeness (QED) is 0.796. The molecular formula is C17H25F3N2O2. The van der Waals surface area contributed by atoms with Gasteiger partial charge in [0.05, 0.1) is 0 Å². The van der Waals surface area contributed by atoms with Gasteiger partial charge in [0.15, 0.2) is 0 Å². The molecule has 24 heavy (non-hydrogen) atoms. The smallest absolute Gasteiger partial charge is 0.348 e. The molecule has 1 saturated heterocycles.